The number of hydrogen-bond donors (Lipinski definition) is 0. The first kappa shape index (κ1) is 12.3. The number of ether oxygens (including phenoxy) is 2. The van der Waals surface area contributed by atoms with Crippen molar-refractivity contribution >= 4 is 11.6 Å². The second-order valence-electron chi connectivity index (χ2n) is 3.15. The monoisotopic (exact) mass is 228 g/mol. The van der Waals surface area contributed by atoms with Gasteiger partial charge in [0, 0.05) is 5.88 Å². The molecule has 1 rings (SSSR count). The first-order valence-corrected chi connectivity index (χ1v) is 5.75. The third-order valence-corrected chi connectivity index (χ3v) is 2.18. The van der Waals surface area contributed by atoms with Crippen LogP contribution in [0.3, 0.4) is 0 Å². The highest BCUT2D eigenvalue weighted by molar-refractivity contribution is 6.17. The number of alkyl halides is 1. The molecular weight excluding hydrogens is 212 g/mol. The van der Waals surface area contributed by atoms with Gasteiger partial charge in [-0.15, -0.1) is 11.6 Å². The van der Waals surface area contributed by atoms with Crippen molar-refractivity contribution in [1.29, 1.82) is 0 Å². The zero-order valence-electron chi connectivity index (χ0n) is 9.04. The highest BCUT2D eigenvalue weighted by atomic mass is 35.5. The molecule has 0 saturated carbocycles. The molecule has 0 aliphatic carbocycles. The minimum atomic E-state index is 0.533. The fourth-order valence-corrected chi connectivity index (χ4v) is 1.34. The topological polar surface area (TPSA) is 18.5 Å². The van der Waals surface area contributed by atoms with Gasteiger partial charge in [0.05, 0.1) is 13.2 Å². The van der Waals surface area contributed by atoms with Gasteiger partial charge < -0.3 is 9.47 Å². The Labute approximate surface area is 96.2 Å². The zero-order chi connectivity index (χ0) is 10.9. The Balaban J connectivity index is 2.24. The van der Waals surface area contributed by atoms with Gasteiger partial charge in [-0.05, 0) is 24.1 Å². The van der Waals surface area contributed by atoms with E-state index >= 15 is 0 Å². The van der Waals surface area contributed by atoms with Crippen molar-refractivity contribution in [3.63, 3.8) is 0 Å². The number of halogens is 1. The van der Waals surface area contributed by atoms with Crippen molar-refractivity contribution in [3.8, 4) is 5.75 Å². The predicted molar refractivity (Wildman–Crippen MR) is 62.9 cm³/mol. The number of rotatable bonds is 7. The molecule has 0 unspecified atom stereocenters. The molecule has 0 amide bonds. The molecule has 1 aromatic rings. The SMILES string of the molecule is CCc1cccc(OCCOCCCl)c1. The van der Waals surface area contributed by atoms with E-state index in [-0.39, 0.29) is 0 Å². The van der Waals surface area contributed by atoms with Crippen LogP contribution in [-0.2, 0) is 11.2 Å². The number of benzene rings is 1. The fraction of sp³-hybridized carbons (Fsp3) is 0.500. The summed E-state index contributed by atoms with van der Waals surface area (Å²) in [5.41, 5.74) is 1.29. The highest BCUT2D eigenvalue weighted by Crippen LogP contribution is 2.13. The lowest BCUT2D eigenvalue weighted by Gasteiger charge is -2.07. The minimum Gasteiger partial charge on any atom is -0.491 e. The van der Waals surface area contributed by atoms with Crippen molar-refractivity contribution < 1.29 is 9.47 Å². The Morgan fingerprint density at radius 2 is 2.07 bits per heavy atom. The average molecular weight is 229 g/mol. The van der Waals surface area contributed by atoms with E-state index in [4.69, 9.17) is 21.1 Å². The molecule has 84 valence electrons. The normalized spacial score (nSPS) is 10.3. The lowest BCUT2D eigenvalue weighted by molar-refractivity contribution is 0.111. The van der Waals surface area contributed by atoms with Crippen molar-refractivity contribution in [2.45, 2.75) is 13.3 Å². The molecule has 0 heterocycles. The highest BCUT2D eigenvalue weighted by Gasteiger charge is 1.95. The smallest absolute Gasteiger partial charge is 0.119 e. The molecular formula is C12H17ClO2. The van der Waals surface area contributed by atoms with Gasteiger partial charge in [0.2, 0.25) is 0 Å². The standard InChI is InChI=1S/C12H17ClO2/c1-2-11-4-3-5-12(10-11)15-9-8-14-7-6-13/h3-5,10H,2,6-9H2,1H3. The van der Waals surface area contributed by atoms with Crippen LogP contribution in [-0.4, -0.2) is 25.7 Å². The zero-order valence-corrected chi connectivity index (χ0v) is 9.80. The Hall–Kier alpha value is -0.730. The molecule has 0 saturated heterocycles. The molecule has 0 spiro atoms. The third-order valence-electron chi connectivity index (χ3n) is 2.02. The molecule has 0 radical (unpaired) electrons. The maximum absolute atomic E-state index is 5.53. The quantitative estimate of drug-likeness (QED) is 0.528. The van der Waals surface area contributed by atoms with Crippen molar-refractivity contribution in [1.82, 2.24) is 0 Å². The molecule has 0 bridgehead atoms. The molecule has 0 aliphatic rings. The van der Waals surface area contributed by atoms with E-state index in [1.165, 1.54) is 5.56 Å². The van der Waals surface area contributed by atoms with Crippen molar-refractivity contribution in [2.24, 2.45) is 0 Å². The minimum absolute atomic E-state index is 0.533. The van der Waals surface area contributed by atoms with Gasteiger partial charge in [0.1, 0.15) is 12.4 Å². The largest absolute Gasteiger partial charge is 0.491 e. The third kappa shape index (κ3) is 5.05. The van der Waals surface area contributed by atoms with E-state index < -0.39 is 0 Å². The van der Waals surface area contributed by atoms with Crippen LogP contribution < -0.4 is 4.74 Å². The van der Waals surface area contributed by atoms with Crippen LogP contribution in [0.1, 0.15) is 12.5 Å². The molecule has 0 N–H and O–H groups in total. The molecule has 0 fully saturated rings. The van der Waals surface area contributed by atoms with Crippen molar-refractivity contribution in [2.75, 3.05) is 25.7 Å². The molecule has 0 atom stereocenters. The van der Waals surface area contributed by atoms with Crippen LogP contribution in [0, 0.1) is 0 Å². The number of hydrogen-bond acceptors (Lipinski definition) is 2. The van der Waals surface area contributed by atoms with Crippen LogP contribution in [0.2, 0.25) is 0 Å². The van der Waals surface area contributed by atoms with Gasteiger partial charge in [0.25, 0.3) is 0 Å². The maximum Gasteiger partial charge on any atom is 0.119 e. The number of aryl methyl sites for hydroxylation is 1. The molecule has 2 nitrogen and oxygen atoms in total. The van der Waals surface area contributed by atoms with Gasteiger partial charge in [-0.2, -0.15) is 0 Å². The summed E-state index contributed by atoms with van der Waals surface area (Å²) in [4.78, 5) is 0. The van der Waals surface area contributed by atoms with Crippen LogP contribution in [0.15, 0.2) is 24.3 Å². The first-order chi connectivity index (χ1) is 7.36. The second kappa shape index (κ2) is 7.55. The average Bonchev–Trinajstić information content (AvgIpc) is 2.29. The van der Waals surface area contributed by atoms with E-state index in [1.807, 2.05) is 12.1 Å². The summed E-state index contributed by atoms with van der Waals surface area (Å²) < 4.78 is 10.7. The lowest BCUT2D eigenvalue weighted by atomic mass is 10.2. The Kier molecular flexibility index (Phi) is 6.21. The summed E-state index contributed by atoms with van der Waals surface area (Å²) in [5, 5.41) is 0. The lowest BCUT2D eigenvalue weighted by Crippen LogP contribution is -2.08. The molecule has 3 heteroatoms. The second-order valence-corrected chi connectivity index (χ2v) is 3.53. The summed E-state index contributed by atoms with van der Waals surface area (Å²) in [5.74, 6) is 1.44. The van der Waals surface area contributed by atoms with Crippen LogP contribution in [0.25, 0.3) is 0 Å². The van der Waals surface area contributed by atoms with Crippen LogP contribution >= 0.6 is 11.6 Å². The summed E-state index contributed by atoms with van der Waals surface area (Å²) in [6, 6.07) is 8.12. The first-order valence-electron chi connectivity index (χ1n) is 5.22. The Morgan fingerprint density at radius 1 is 1.20 bits per heavy atom. The van der Waals surface area contributed by atoms with Crippen LogP contribution in [0.5, 0.6) is 5.75 Å². The summed E-state index contributed by atoms with van der Waals surface area (Å²) in [7, 11) is 0. The fourth-order valence-electron chi connectivity index (χ4n) is 1.23. The van der Waals surface area contributed by atoms with Gasteiger partial charge in [-0.3, -0.25) is 0 Å². The van der Waals surface area contributed by atoms with E-state index in [0.717, 1.165) is 12.2 Å². The predicted octanol–water partition coefficient (Wildman–Crippen LogP) is 2.88. The maximum atomic E-state index is 5.53. The summed E-state index contributed by atoms with van der Waals surface area (Å²) >= 11 is 5.47. The van der Waals surface area contributed by atoms with E-state index in [1.54, 1.807) is 0 Å². The van der Waals surface area contributed by atoms with Gasteiger partial charge in [-0.1, -0.05) is 19.1 Å². The summed E-state index contributed by atoms with van der Waals surface area (Å²) in [6.07, 6.45) is 1.03. The van der Waals surface area contributed by atoms with Crippen LogP contribution in [0.4, 0.5) is 0 Å². The van der Waals surface area contributed by atoms with Gasteiger partial charge in [-0.25, -0.2) is 0 Å². The Morgan fingerprint density at radius 3 is 2.80 bits per heavy atom. The van der Waals surface area contributed by atoms with Gasteiger partial charge >= 0.3 is 0 Å². The molecule has 0 aromatic heterocycles. The van der Waals surface area contributed by atoms with E-state index in [0.29, 0.717) is 25.7 Å². The Bertz CT molecular complexity index is 276. The molecule has 1 aromatic carbocycles. The van der Waals surface area contributed by atoms with Crippen molar-refractivity contribution in [3.05, 3.63) is 29.8 Å². The molecule has 15 heavy (non-hydrogen) atoms. The van der Waals surface area contributed by atoms with E-state index in [9.17, 15) is 0 Å². The summed E-state index contributed by atoms with van der Waals surface area (Å²) in [6.45, 7) is 3.87. The van der Waals surface area contributed by atoms with Gasteiger partial charge in [0.15, 0.2) is 0 Å². The van der Waals surface area contributed by atoms with E-state index in [2.05, 4.69) is 19.1 Å². The molecule has 0 aliphatic heterocycles.